The summed E-state index contributed by atoms with van der Waals surface area (Å²) in [6.45, 7) is 0. The Labute approximate surface area is 172 Å². The molecule has 0 radical (unpaired) electrons. The van der Waals surface area contributed by atoms with Crippen LogP contribution in [0.4, 0.5) is 5.82 Å². The van der Waals surface area contributed by atoms with E-state index in [-0.39, 0.29) is 10.6 Å². The van der Waals surface area contributed by atoms with Crippen LogP contribution in [-0.4, -0.2) is 19.9 Å². The minimum atomic E-state index is -1.03. The number of hydrogen-bond donors (Lipinski definition) is 1. The number of carbonyl (C=O) groups excluding carboxylic acids is 1. The van der Waals surface area contributed by atoms with Crippen LogP contribution in [0.5, 0.6) is 0 Å². The monoisotopic (exact) mass is 439 g/mol. The zero-order valence-electron chi connectivity index (χ0n) is 13.7. The molecule has 1 N–H and O–H groups in total. The molecule has 1 atom stereocenters. The van der Waals surface area contributed by atoms with Crippen LogP contribution in [0.15, 0.2) is 42.5 Å². The minimum absolute atomic E-state index is 0.244. The molecule has 9 heteroatoms. The Morgan fingerprint density at radius 2 is 1.85 bits per heavy atom. The lowest BCUT2D eigenvalue weighted by Gasteiger charge is -2.12. The van der Waals surface area contributed by atoms with Crippen LogP contribution in [0.25, 0.3) is 5.69 Å². The lowest BCUT2D eigenvalue weighted by atomic mass is 10.2. The largest absolute Gasteiger partial charge is 0.306 e. The van der Waals surface area contributed by atoms with Gasteiger partial charge < -0.3 is 5.32 Å². The van der Waals surface area contributed by atoms with Crippen LogP contribution in [0.1, 0.15) is 21.6 Å². The fraction of sp³-hybridized carbons (Fsp3) is 0.111. The van der Waals surface area contributed by atoms with Gasteiger partial charge >= 0.3 is 0 Å². The molecule has 138 valence electrons. The third kappa shape index (κ3) is 3.62. The van der Waals surface area contributed by atoms with Crippen LogP contribution in [0.2, 0.25) is 15.1 Å². The summed E-state index contributed by atoms with van der Waals surface area (Å²) in [5.41, 5.74) is 2.44. The van der Waals surface area contributed by atoms with Gasteiger partial charge in [-0.15, -0.1) is 0 Å². The Balaban J connectivity index is 1.77. The number of fused-ring (bicyclic) bond motifs is 1. The predicted molar refractivity (Wildman–Crippen MR) is 109 cm³/mol. The van der Waals surface area contributed by atoms with E-state index in [0.29, 0.717) is 38.8 Å². The lowest BCUT2D eigenvalue weighted by molar-refractivity contribution is 0.102. The molecule has 1 aliphatic heterocycles. The Bertz CT molecular complexity index is 1100. The molecule has 4 rings (SSSR count). The second-order valence-corrected chi connectivity index (χ2v) is 8.71. The molecule has 0 spiro atoms. The van der Waals surface area contributed by atoms with Gasteiger partial charge in [-0.2, -0.15) is 5.10 Å². The Morgan fingerprint density at radius 1 is 1.07 bits per heavy atom. The SMILES string of the molecule is O=C(Nc1c2c(nn1-c1cccc(Cl)c1)CS(=O)C2)c1ccc(Cl)cc1Cl. The third-order valence-corrected chi connectivity index (χ3v) is 6.12. The summed E-state index contributed by atoms with van der Waals surface area (Å²) in [5, 5.41) is 8.63. The lowest BCUT2D eigenvalue weighted by Crippen LogP contribution is -2.17. The highest BCUT2D eigenvalue weighted by molar-refractivity contribution is 7.83. The van der Waals surface area contributed by atoms with E-state index in [0.717, 1.165) is 5.56 Å². The highest BCUT2D eigenvalue weighted by Gasteiger charge is 2.28. The molecule has 2 aromatic carbocycles. The van der Waals surface area contributed by atoms with Crippen LogP contribution in [0, 0.1) is 0 Å². The first-order chi connectivity index (χ1) is 12.9. The standard InChI is InChI=1S/C18H12Cl3N3O2S/c19-10-2-1-3-12(6-10)24-17(14-8-27(26)9-16(14)23-24)22-18(25)13-5-4-11(20)7-15(13)21/h1-7H,8-9H2,(H,22,25). The summed E-state index contributed by atoms with van der Waals surface area (Å²) in [6, 6.07) is 11.8. The molecule has 0 bridgehead atoms. The van der Waals surface area contributed by atoms with E-state index >= 15 is 0 Å². The highest BCUT2D eigenvalue weighted by atomic mass is 35.5. The molecule has 1 aromatic heterocycles. The van der Waals surface area contributed by atoms with Crippen LogP contribution < -0.4 is 5.32 Å². The maximum atomic E-state index is 12.8. The molecule has 0 saturated carbocycles. The Hall–Kier alpha value is -1.86. The quantitative estimate of drug-likeness (QED) is 0.633. The fourth-order valence-corrected chi connectivity index (χ4v) is 4.84. The number of rotatable bonds is 3. The topological polar surface area (TPSA) is 64.0 Å². The van der Waals surface area contributed by atoms with Crippen LogP contribution in [0.3, 0.4) is 0 Å². The van der Waals surface area contributed by atoms with Crippen LogP contribution in [-0.2, 0) is 22.3 Å². The van der Waals surface area contributed by atoms with E-state index in [9.17, 15) is 9.00 Å². The normalized spacial score (nSPS) is 15.6. The van der Waals surface area contributed by atoms with Gasteiger partial charge in [0.05, 0.1) is 33.5 Å². The Morgan fingerprint density at radius 3 is 2.59 bits per heavy atom. The van der Waals surface area contributed by atoms with Crippen molar-refractivity contribution in [2.24, 2.45) is 0 Å². The van der Waals surface area contributed by atoms with Gasteiger partial charge in [0.15, 0.2) is 0 Å². The first kappa shape index (κ1) is 18.5. The number of hydrogen-bond acceptors (Lipinski definition) is 3. The second kappa shape index (κ2) is 7.28. The van der Waals surface area contributed by atoms with Crippen LogP contribution >= 0.6 is 34.8 Å². The molecule has 0 fully saturated rings. The van der Waals surface area contributed by atoms with Gasteiger partial charge in [0.25, 0.3) is 5.91 Å². The summed E-state index contributed by atoms with van der Waals surface area (Å²) in [7, 11) is -1.03. The molecular weight excluding hydrogens is 429 g/mol. The maximum absolute atomic E-state index is 12.8. The summed E-state index contributed by atoms with van der Waals surface area (Å²) < 4.78 is 13.6. The molecule has 3 aromatic rings. The summed E-state index contributed by atoms with van der Waals surface area (Å²) in [5.74, 6) is 0.752. The maximum Gasteiger partial charge on any atom is 0.258 e. The number of anilines is 1. The number of nitrogens with zero attached hydrogens (tertiary/aromatic N) is 2. The van der Waals surface area contributed by atoms with Crippen molar-refractivity contribution in [3.8, 4) is 5.69 Å². The molecule has 2 heterocycles. The van der Waals surface area contributed by atoms with Gasteiger partial charge in [-0.25, -0.2) is 4.68 Å². The van der Waals surface area contributed by atoms with Gasteiger partial charge in [-0.05, 0) is 36.4 Å². The van der Waals surface area contributed by atoms with Gasteiger partial charge in [-0.3, -0.25) is 9.00 Å². The summed E-state index contributed by atoms with van der Waals surface area (Å²) >= 11 is 18.1. The fourth-order valence-electron chi connectivity index (χ4n) is 2.90. The zero-order valence-corrected chi connectivity index (χ0v) is 16.8. The first-order valence-corrected chi connectivity index (χ1v) is 10.5. The van der Waals surface area contributed by atoms with Crippen molar-refractivity contribution in [3.63, 3.8) is 0 Å². The van der Waals surface area contributed by atoms with Crippen molar-refractivity contribution in [1.29, 1.82) is 0 Å². The van der Waals surface area contributed by atoms with Gasteiger partial charge in [0.1, 0.15) is 5.82 Å². The summed E-state index contributed by atoms with van der Waals surface area (Å²) in [6.07, 6.45) is 0. The molecule has 1 aliphatic rings. The summed E-state index contributed by atoms with van der Waals surface area (Å²) in [4.78, 5) is 12.8. The second-order valence-electron chi connectivity index (χ2n) is 5.97. The molecule has 1 unspecified atom stereocenters. The predicted octanol–water partition coefficient (Wildman–Crippen LogP) is 4.85. The smallest absolute Gasteiger partial charge is 0.258 e. The van der Waals surface area contributed by atoms with E-state index in [1.165, 1.54) is 6.07 Å². The minimum Gasteiger partial charge on any atom is -0.306 e. The van der Waals surface area contributed by atoms with E-state index in [1.807, 2.05) is 6.07 Å². The van der Waals surface area contributed by atoms with E-state index in [4.69, 9.17) is 34.8 Å². The van der Waals surface area contributed by atoms with E-state index in [1.54, 1.807) is 35.0 Å². The van der Waals surface area contributed by atoms with Crippen molar-refractivity contribution in [3.05, 3.63) is 74.4 Å². The van der Waals surface area contributed by atoms with Crippen molar-refractivity contribution < 1.29 is 9.00 Å². The molecule has 27 heavy (non-hydrogen) atoms. The highest BCUT2D eigenvalue weighted by Crippen LogP contribution is 2.32. The van der Waals surface area contributed by atoms with Gasteiger partial charge in [0, 0.05) is 26.4 Å². The first-order valence-electron chi connectivity index (χ1n) is 7.90. The number of carbonyl (C=O) groups is 1. The number of amides is 1. The number of halogens is 3. The average Bonchev–Trinajstić information content (AvgIpc) is 3.12. The molecule has 0 saturated heterocycles. The number of aromatic nitrogens is 2. The van der Waals surface area contributed by atoms with Gasteiger partial charge in [0.2, 0.25) is 0 Å². The van der Waals surface area contributed by atoms with Crippen molar-refractivity contribution >= 4 is 57.3 Å². The molecule has 0 aliphatic carbocycles. The number of nitrogens with one attached hydrogen (secondary N) is 1. The molecular formula is C18H12Cl3N3O2S. The van der Waals surface area contributed by atoms with Gasteiger partial charge in [-0.1, -0.05) is 40.9 Å². The van der Waals surface area contributed by atoms with E-state index in [2.05, 4.69) is 10.4 Å². The molecule has 5 nitrogen and oxygen atoms in total. The zero-order chi connectivity index (χ0) is 19.1. The third-order valence-electron chi connectivity index (χ3n) is 4.13. The molecule has 1 amide bonds. The van der Waals surface area contributed by atoms with Crippen molar-refractivity contribution in [2.45, 2.75) is 11.5 Å². The van der Waals surface area contributed by atoms with Crippen molar-refractivity contribution in [1.82, 2.24) is 9.78 Å². The van der Waals surface area contributed by atoms with E-state index < -0.39 is 16.7 Å². The number of benzene rings is 2. The average molecular weight is 441 g/mol. The Kier molecular flexibility index (Phi) is 4.99. The van der Waals surface area contributed by atoms with Crippen molar-refractivity contribution in [2.75, 3.05) is 5.32 Å².